The van der Waals surface area contributed by atoms with Crippen LogP contribution in [0.4, 0.5) is 0 Å². The molecule has 0 bridgehead atoms. The van der Waals surface area contributed by atoms with Crippen LogP contribution in [0, 0.1) is 6.07 Å². The fourth-order valence-corrected chi connectivity index (χ4v) is 3.07. The molecule has 1 radical (unpaired) electrons. The van der Waals surface area contributed by atoms with Gasteiger partial charge < -0.3 is 50.9 Å². The molecule has 0 amide bonds. The standard InChI is InChI=1S/C13H9.C9H7.3BrH.Zr/c1-3-7-12-10(5-1)9-11-6-2-4-8-13(11)12;1-2-5-9-7-3-6-8(9)4-1;;;;/h1-5,7-8H,9H2;1-7H;3*1H;/q2*-1;;;;+3/p-3. The number of hydrogen-bond donors (Lipinski definition) is 0. The molecule has 4 heteroatoms. The van der Waals surface area contributed by atoms with E-state index in [1.807, 2.05) is 6.07 Å². The predicted octanol–water partition coefficient (Wildman–Crippen LogP) is -3.37. The van der Waals surface area contributed by atoms with Crippen LogP contribution >= 0.6 is 0 Å². The van der Waals surface area contributed by atoms with E-state index in [-0.39, 0.29) is 77.1 Å². The van der Waals surface area contributed by atoms with Crippen molar-refractivity contribution in [3.63, 3.8) is 0 Å². The van der Waals surface area contributed by atoms with Crippen LogP contribution < -0.4 is 50.9 Å². The summed E-state index contributed by atoms with van der Waals surface area (Å²) in [5, 5.41) is 2.66. The second-order valence-corrected chi connectivity index (χ2v) is 5.55. The normalized spacial score (nSPS) is 9.69. The summed E-state index contributed by atoms with van der Waals surface area (Å²) < 4.78 is 0. The maximum atomic E-state index is 3.30. The van der Waals surface area contributed by atoms with E-state index in [4.69, 9.17) is 0 Å². The minimum absolute atomic E-state index is 0. The Hall–Kier alpha value is -0.407. The Morgan fingerprint density at radius 2 is 1.42 bits per heavy atom. The van der Waals surface area contributed by atoms with Gasteiger partial charge in [0.15, 0.2) is 0 Å². The van der Waals surface area contributed by atoms with Gasteiger partial charge in [-0.15, -0.1) is 35.2 Å². The Kier molecular flexibility index (Phi) is 11.9. The van der Waals surface area contributed by atoms with Crippen molar-refractivity contribution in [2.75, 3.05) is 0 Å². The third kappa shape index (κ3) is 5.55. The van der Waals surface area contributed by atoms with Crippen molar-refractivity contribution in [2.45, 2.75) is 6.42 Å². The largest absolute Gasteiger partial charge is 3.00 e. The van der Waals surface area contributed by atoms with Crippen molar-refractivity contribution in [3.05, 3.63) is 102 Å². The van der Waals surface area contributed by atoms with Gasteiger partial charge in [-0.25, -0.2) is 0 Å². The van der Waals surface area contributed by atoms with E-state index in [9.17, 15) is 0 Å². The summed E-state index contributed by atoms with van der Waals surface area (Å²) in [6.45, 7) is 0. The summed E-state index contributed by atoms with van der Waals surface area (Å²) in [6, 6.07) is 32.8. The van der Waals surface area contributed by atoms with Crippen molar-refractivity contribution in [2.24, 2.45) is 0 Å². The van der Waals surface area contributed by atoms with Crippen LogP contribution in [0.25, 0.3) is 21.9 Å². The topological polar surface area (TPSA) is 0 Å². The average Bonchev–Trinajstić information content (AvgIpc) is 3.19. The molecule has 0 saturated carbocycles. The summed E-state index contributed by atoms with van der Waals surface area (Å²) >= 11 is 0. The predicted molar refractivity (Wildman–Crippen MR) is 93.1 cm³/mol. The molecule has 131 valence electrons. The first-order valence-corrected chi connectivity index (χ1v) is 7.60. The SMILES string of the molecule is [Br-].[Br-].[Br-].[Zr+3].[c-]1cccc2c1Cc1ccccc1-2.c1ccc2[cH-]ccc2c1. The van der Waals surface area contributed by atoms with E-state index in [2.05, 4.69) is 84.9 Å². The van der Waals surface area contributed by atoms with Gasteiger partial charge >= 0.3 is 26.2 Å². The second-order valence-electron chi connectivity index (χ2n) is 5.55. The summed E-state index contributed by atoms with van der Waals surface area (Å²) in [5.41, 5.74) is 5.51. The molecule has 0 heterocycles. The summed E-state index contributed by atoms with van der Waals surface area (Å²) in [7, 11) is 0. The van der Waals surface area contributed by atoms with Crippen LogP contribution in [-0.4, -0.2) is 0 Å². The van der Waals surface area contributed by atoms with Crippen molar-refractivity contribution in [3.8, 4) is 11.1 Å². The Labute approximate surface area is 205 Å². The summed E-state index contributed by atoms with van der Waals surface area (Å²) in [6.07, 6.45) is 1.05. The fraction of sp³-hybridized carbons (Fsp3) is 0.0455. The van der Waals surface area contributed by atoms with E-state index in [0.29, 0.717) is 0 Å². The molecule has 26 heavy (non-hydrogen) atoms. The van der Waals surface area contributed by atoms with E-state index < -0.39 is 0 Å². The number of halogens is 3. The Morgan fingerprint density at radius 1 is 0.731 bits per heavy atom. The van der Waals surface area contributed by atoms with Crippen LogP contribution in [0.3, 0.4) is 0 Å². The first kappa shape index (κ1) is 25.6. The summed E-state index contributed by atoms with van der Waals surface area (Å²) in [5.74, 6) is 0. The van der Waals surface area contributed by atoms with Crippen molar-refractivity contribution < 1.29 is 77.1 Å². The van der Waals surface area contributed by atoms with Gasteiger partial charge in [0.25, 0.3) is 0 Å². The Morgan fingerprint density at radius 3 is 2.23 bits per heavy atom. The first-order chi connectivity index (χ1) is 10.9. The molecule has 0 aliphatic heterocycles. The van der Waals surface area contributed by atoms with Gasteiger partial charge in [-0.1, -0.05) is 41.5 Å². The molecule has 4 aromatic rings. The van der Waals surface area contributed by atoms with Gasteiger partial charge in [-0.05, 0) is 6.42 Å². The number of benzene rings is 3. The molecule has 0 atom stereocenters. The first-order valence-electron chi connectivity index (χ1n) is 7.60. The maximum Gasteiger partial charge on any atom is 3.00 e. The molecule has 5 rings (SSSR count). The van der Waals surface area contributed by atoms with Gasteiger partial charge in [0.1, 0.15) is 0 Å². The molecule has 0 saturated heterocycles. The van der Waals surface area contributed by atoms with Gasteiger partial charge in [0.05, 0.1) is 0 Å². The van der Waals surface area contributed by atoms with Gasteiger partial charge in [0, 0.05) is 0 Å². The van der Waals surface area contributed by atoms with Crippen molar-refractivity contribution in [1.82, 2.24) is 0 Å². The van der Waals surface area contributed by atoms with Crippen LogP contribution in [0.5, 0.6) is 0 Å². The van der Waals surface area contributed by atoms with Crippen molar-refractivity contribution >= 4 is 10.8 Å². The van der Waals surface area contributed by atoms with E-state index in [1.165, 1.54) is 33.0 Å². The molecule has 0 nitrogen and oxygen atoms in total. The molecule has 1 aliphatic rings. The Bertz CT molecular complexity index is 857. The monoisotopic (exact) mass is 607 g/mol. The van der Waals surface area contributed by atoms with E-state index in [0.717, 1.165) is 6.42 Å². The van der Waals surface area contributed by atoms with Crippen LogP contribution in [-0.2, 0) is 32.6 Å². The van der Waals surface area contributed by atoms with Crippen molar-refractivity contribution in [1.29, 1.82) is 0 Å². The molecule has 0 aromatic heterocycles. The average molecular weight is 611 g/mol. The van der Waals surface area contributed by atoms with Gasteiger partial charge in [-0.2, -0.15) is 47.3 Å². The quantitative estimate of drug-likeness (QED) is 0.161. The van der Waals surface area contributed by atoms with Gasteiger partial charge in [-0.3, -0.25) is 0 Å². The molecule has 0 N–H and O–H groups in total. The minimum Gasteiger partial charge on any atom is -1.00 e. The Balaban J connectivity index is 0.000000436. The molecule has 1 aliphatic carbocycles. The zero-order chi connectivity index (χ0) is 14.8. The zero-order valence-electron chi connectivity index (χ0n) is 13.9. The fourth-order valence-electron chi connectivity index (χ4n) is 3.07. The second kappa shape index (κ2) is 12.1. The molecular formula is C22H16Br3Zr-2. The van der Waals surface area contributed by atoms with E-state index in [1.54, 1.807) is 0 Å². The molecule has 0 unspecified atom stereocenters. The third-order valence-electron chi connectivity index (χ3n) is 4.16. The van der Waals surface area contributed by atoms with Crippen LogP contribution in [0.15, 0.2) is 84.9 Å². The zero-order valence-corrected chi connectivity index (χ0v) is 21.1. The molecule has 0 fully saturated rings. The van der Waals surface area contributed by atoms with Crippen LogP contribution in [0.2, 0.25) is 0 Å². The molecule has 4 aromatic carbocycles. The number of rotatable bonds is 0. The van der Waals surface area contributed by atoms with E-state index >= 15 is 0 Å². The summed E-state index contributed by atoms with van der Waals surface area (Å²) in [4.78, 5) is 0. The molecule has 0 spiro atoms. The molecular weight excluding hydrogens is 595 g/mol. The smallest absolute Gasteiger partial charge is 1.00 e. The third-order valence-corrected chi connectivity index (χ3v) is 4.16. The number of fused-ring (bicyclic) bond motifs is 4. The minimum atomic E-state index is 0. The van der Waals surface area contributed by atoms with Crippen LogP contribution in [0.1, 0.15) is 11.1 Å². The maximum absolute atomic E-state index is 3.30. The van der Waals surface area contributed by atoms with Gasteiger partial charge in [0.2, 0.25) is 0 Å². The number of hydrogen-bond acceptors (Lipinski definition) is 0.